The van der Waals surface area contributed by atoms with Gasteiger partial charge >= 0.3 is 0 Å². The summed E-state index contributed by atoms with van der Waals surface area (Å²) in [4.78, 5) is 14.2. The number of carbonyl (C=O) groups is 1. The molecule has 1 atom stereocenters. The minimum absolute atomic E-state index is 0.116. The van der Waals surface area contributed by atoms with Crippen LogP contribution < -0.4 is 0 Å². The summed E-state index contributed by atoms with van der Waals surface area (Å²) in [5, 5.41) is 8.05. The molecule has 20 heavy (non-hydrogen) atoms. The number of hydrogen-bond acceptors (Lipinski definition) is 4. The molecule has 3 aromatic rings. The van der Waals surface area contributed by atoms with Gasteiger partial charge in [-0.2, -0.15) is 5.10 Å². The lowest BCUT2D eigenvalue weighted by Gasteiger charge is -2.23. The van der Waals surface area contributed by atoms with Gasteiger partial charge in [0.1, 0.15) is 17.7 Å². The van der Waals surface area contributed by atoms with Crippen LogP contribution in [0.15, 0.2) is 47.3 Å². The molecule has 0 saturated heterocycles. The predicted octanol–water partition coefficient (Wildman–Crippen LogP) is 2.16. The van der Waals surface area contributed by atoms with E-state index in [0.717, 1.165) is 5.52 Å². The van der Waals surface area contributed by atoms with Crippen molar-refractivity contribution in [1.29, 1.82) is 0 Å². The van der Waals surface area contributed by atoms with Gasteiger partial charge in [-0.15, -0.1) is 0 Å². The number of amides is 1. The van der Waals surface area contributed by atoms with Gasteiger partial charge < -0.3 is 9.42 Å². The van der Waals surface area contributed by atoms with E-state index in [0.29, 0.717) is 11.4 Å². The van der Waals surface area contributed by atoms with Crippen molar-refractivity contribution in [1.82, 2.24) is 19.7 Å². The zero-order valence-electron chi connectivity index (χ0n) is 11.2. The van der Waals surface area contributed by atoms with Crippen molar-refractivity contribution in [2.24, 2.45) is 0 Å². The summed E-state index contributed by atoms with van der Waals surface area (Å²) < 4.78 is 6.46. The average molecular weight is 270 g/mol. The van der Waals surface area contributed by atoms with Gasteiger partial charge in [0.25, 0.3) is 5.91 Å². The topological polar surface area (TPSA) is 63.6 Å². The maximum absolute atomic E-state index is 12.6. The van der Waals surface area contributed by atoms with Crippen LogP contribution in [0.4, 0.5) is 0 Å². The Morgan fingerprint density at radius 2 is 2.20 bits per heavy atom. The highest BCUT2D eigenvalue weighted by atomic mass is 16.5. The molecule has 3 heterocycles. The Labute approximate surface area is 115 Å². The zero-order chi connectivity index (χ0) is 14.1. The van der Waals surface area contributed by atoms with E-state index in [2.05, 4.69) is 10.3 Å². The number of nitrogens with zero attached hydrogens (tertiary/aromatic N) is 4. The van der Waals surface area contributed by atoms with Crippen molar-refractivity contribution in [2.75, 3.05) is 7.05 Å². The van der Waals surface area contributed by atoms with Crippen molar-refractivity contribution >= 4 is 11.4 Å². The van der Waals surface area contributed by atoms with Gasteiger partial charge in [0.2, 0.25) is 0 Å². The van der Waals surface area contributed by atoms with Crippen molar-refractivity contribution in [3.8, 4) is 0 Å². The fraction of sp³-hybridized carbons (Fsp3) is 0.214. The quantitative estimate of drug-likeness (QED) is 0.731. The molecule has 3 aromatic heterocycles. The second-order valence-electron chi connectivity index (χ2n) is 4.60. The number of hydrogen-bond donors (Lipinski definition) is 0. The molecular formula is C14H14N4O2. The van der Waals surface area contributed by atoms with Crippen LogP contribution in [0.25, 0.3) is 5.52 Å². The number of fused-ring (bicyclic) bond motifs is 1. The average Bonchev–Trinajstić information content (AvgIpc) is 3.14. The second-order valence-corrected chi connectivity index (χ2v) is 4.60. The molecule has 6 heteroatoms. The van der Waals surface area contributed by atoms with E-state index < -0.39 is 0 Å². The van der Waals surface area contributed by atoms with Crippen LogP contribution in [-0.2, 0) is 0 Å². The Bertz CT molecular complexity index is 733. The van der Waals surface area contributed by atoms with Crippen LogP contribution in [0.2, 0.25) is 0 Å². The molecule has 3 rings (SSSR count). The summed E-state index contributed by atoms with van der Waals surface area (Å²) in [5.41, 5.74) is 2.12. The molecule has 0 fully saturated rings. The van der Waals surface area contributed by atoms with Gasteiger partial charge in [-0.3, -0.25) is 4.79 Å². The predicted molar refractivity (Wildman–Crippen MR) is 72.2 cm³/mol. The minimum atomic E-state index is -0.174. The minimum Gasteiger partial charge on any atom is -0.364 e. The second kappa shape index (κ2) is 4.80. The third kappa shape index (κ3) is 1.95. The van der Waals surface area contributed by atoms with Crippen LogP contribution >= 0.6 is 0 Å². The van der Waals surface area contributed by atoms with Gasteiger partial charge in [0.15, 0.2) is 0 Å². The highest BCUT2D eigenvalue weighted by Gasteiger charge is 2.22. The summed E-state index contributed by atoms with van der Waals surface area (Å²) in [6, 6.07) is 8.95. The Balaban J connectivity index is 1.94. The summed E-state index contributed by atoms with van der Waals surface area (Å²) in [5.74, 6) is -0.116. The number of pyridine rings is 1. The molecule has 0 aliphatic rings. The van der Waals surface area contributed by atoms with Crippen molar-refractivity contribution < 1.29 is 9.32 Å². The largest absolute Gasteiger partial charge is 0.364 e. The Morgan fingerprint density at radius 1 is 1.35 bits per heavy atom. The molecule has 0 aliphatic heterocycles. The van der Waals surface area contributed by atoms with E-state index >= 15 is 0 Å². The van der Waals surface area contributed by atoms with Crippen molar-refractivity contribution in [3.63, 3.8) is 0 Å². The molecule has 0 aromatic carbocycles. The molecule has 1 amide bonds. The van der Waals surface area contributed by atoms with E-state index in [1.165, 1.54) is 6.26 Å². The summed E-state index contributed by atoms with van der Waals surface area (Å²) in [6.45, 7) is 1.90. The van der Waals surface area contributed by atoms with Gasteiger partial charge in [-0.25, -0.2) is 4.52 Å². The fourth-order valence-corrected chi connectivity index (χ4v) is 2.10. The van der Waals surface area contributed by atoms with Crippen LogP contribution in [0.3, 0.4) is 0 Å². The third-order valence-electron chi connectivity index (χ3n) is 3.43. The van der Waals surface area contributed by atoms with E-state index in [9.17, 15) is 4.79 Å². The molecule has 0 aliphatic carbocycles. The molecule has 0 radical (unpaired) electrons. The molecule has 0 N–H and O–H groups in total. The Hall–Kier alpha value is -2.63. The van der Waals surface area contributed by atoms with Gasteiger partial charge in [-0.05, 0) is 25.1 Å². The molecule has 102 valence electrons. The van der Waals surface area contributed by atoms with Crippen LogP contribution in [-0.4, -0.2) is 32.6 Å². The molecule has 0 saturated carbocycles. The number of carbonyl (C=O) groups excluding carboxylic acids is 1. The van der Waals surface area contributed by atoms with Crippen molar-refractivity contribution in [3.05, 3.63) is 54.2 Å². The van der Waals surface area contributed by atoms with Crippen LogP contribution in [0.1, 0.15) is 29.1 Å². The van der Waals surface area contributed by atoms with Crippen LogP contribution in [0, 0.1) is 0 Å². The van der Waals surface area contributed by atoms with E-state index in [-0.39, 0.29) is 11.9 Å². The smallest absolute Gasteiger partial charge is 0.272 e. The van der Waals surface area contributed by atoms with Crippen LogP contribution in [0.5, 0.6) is 0 Å². The van der Waals surface area contributed by atoms with Gasteiger partial charge in [0.05, 0.1) is 17.8 Å². The first-order valence-corrected chi connectivity index (χ1v) is 6.28. The normalized spacial score (nSPS) is 12.5. The highest BCUT2D eigenvalue weighted by Crippen LogP contribution is 2.19. The molecular weight excluding hydrogens is 256 g/mol. The molecule has 0 spiro atoms. The van der Waals surface area contributed by atoms with Gasteiger partial charge in [-0.1, -0.05) is 11.2 Å². The zero-order valence-corrected chi connectivity index (χ0v) is 11.2. The first-order chi connectivity index (χ1) is 9.68. The summed E-state index contributed by atoms with van der Waals surface area (Å²) >= 11 is 0. The van der Waals surface area contributed by atoms with E-state index in [1.807, 2.05) is 25.1 Å². The van der Waals surface area contributed by atoms with E-state index in [4.69, 9.17) is 4.52 Å². The third-order valence-corrected chi connectivity index (χ3v) is 3.43. The molecule has 1 unspecified atom stereocenters. The van der Waals surface area contributed by atoms with Gasteiger partial charge in [0, 0.05) is 13.1 Å². The lowest BCUT2D eigenvalue weighted by atomic mass is 10.2. The van der Waals surface area contributed by atoms with E-state index in [1.54, 1.807) is 34.8 Å². The SMILES string of the molecule is CC(c1ccon1)N(C)C(=O)c1cccc2ccnn12. The lowest BCUT2D eigenvalue weighted by molar-refractivity contribution is 0.0729. The monoisotopic (exact) mass is 270 g/mol. The lowest BCUT2D eigenvalue weighted by Crippen LogP contribution is -2.31. The number of rotatable bonds is 3. The highest BCUT2D eigenvalue weighted by molar-refractivity contribution is 5.93. The maximum Gasteiger partial charge on any atom is 0.272 e. The fourth-order valence-electron chi connectivity index (χ4n) is 2.10. The summed E-state index contributed by atoms with van der Waals surface area (Å²) in [6.07, 6.45) is 3.17. The Kier molecular flexibility index (Phi) is 2.98. The van der Waals surface area contributed by atoms with Crippen molar-refractivity contribution in [2.45, 2.75) is 13.0 Å². The molecule has 0 bridgehead atoms. The molecule has 6 nitrogen and oxygen atoms in total. The standard InChI is InChI=1S/C14H14N4O2/c1-10(12-7-9-20-16-12)17(2)14(19)13-5-3-4-11-6-8-15-18(11)13/h3-10H,1-2H3. The Morgan fingerprint density at radius 3 is 2.95 bits per heavy atom. The number of aromatic nitrogens is 3. The maximum atomic E-state index is 12.6. The first kappa shape index (κ1) is 12.4. The first-order valence-electron chi connectivity index (χ1n) is 6.28. The summed E-state index contributed by atoms with van der Waals surface area (Å²) in [7, 11) is 1.74.